The summed E-state index contributed by atoms with van der Waals surface area (Å²) >= 11 is 0. The minimum Gasteiger partial charge on any atom is -0.325 e. The van der Waals surface area contributed by atoms with Crippen LogP contribution in [0.1, 0.15) is 56.9 Å². The lowest BCUT2D eigenvalue weighted by molar-refractivity contribution is -0.117. The van der Waals surface area contributed by atoms with Gasteiger partial charge in [-0.2, -0.15) is 0 Å². The van der Waals surface area contributed by atoms with Crippen LogP contribution in [0.25, 0.3) is 0 Å². The first kappa shape index (κ1) is 24.5. The van der Waals surface area contributed by atoms with Crippen LogP contribution in [0.5, 0.6) is 0 Å². The molecule has 37 heavy (non-hydrogen) atoms. The highest BCUT2D eigenvalue weighted by Crippen LogP contribution is 2.60. The van der Waals surface area contributed by atoms with Crippen molar-refractivity contribution in [1.82, 2.24) is 0 Å². The summed E-state index contributed by atoms with van der Waals surface area (Å²) < 4.78 is 26.5. The zero-order valence-corrected chi connectivity index (χ0v) is 22.2. The van der Waals surface area contributed by atoms with Crippen molar-refractivity contribution in [3.8, 4) is 0 Å². The molecule has 196 valence electrons. The molecular formula is C29H35N3O4S. The Labute approximate surface area is 219 Å². The number of rotatable bonds is 7. The molecule has 4 aliphatic carbocycles. The third kappa shape index (κ3) is 4.76. The number of nitrogens with one attached hydrogen (secondary N) is 1. The Morgan fingerprint density at radius 3 is 2.08 bits per heavy atom. The average molecular weight is 522 g/mol. The van der Waals surface area contributed by atoms with Gasteiger partial charge in [-0.15, -0.1) is 0 Å². The first-order valence-electron chi connectivity index (χ1n) is 13.5. The maximum atomic E-state index is 12.9. The molecule has 4 saturated carbocycles. The number of sulfonamides is 1. The number of carbonyl (C=O) groups excluding carboxylic acids is 2. The Balaban J connectivity index is 1.15. The predicted octanol–water partition coefficient (Wildman–Crippen LogP) is 4.69. The van der Waals surface area contributed by atoms with E-state index in [4.69, 9.17) is 0 Å². The van der Waals surface area contributed by atoms with Crippen molar-refractivity contribution >= 4 is 38.9 Å². The number of amides is 2. The zero-order valence-electron chi connectivity index (χ0n) is 21.4. The fourth-order valence-electron chi connectivity index (χ4n) is 7.82. The molecule has 1 aliphatic heterocycles. The van der Waals surface area contributed by atoms with Crippen molar-refractivity contribution in [2.75, 3.05) is 33.9 Å². The van der Waals surface area contributed by atoms with Crippen molar-refractivity contribution in [1.29, 1.82) is 0 Å². The van der Waals surface area contributed by atoms with Crippen LogP contribution in [0, 0.1) is 17.8 Å². The minimum absolute atomic E-state index is 0.106. The summed E-state index contributed by atoms with van der Waals surface area (Å²) in [7, 11) is -3.66. The lowest BCUT2D eigenvalue weighted by atomic mass is 9.48. The van der Waals surface area contributed by atoms with E-state index in [1.807, 2.05) is 12.1 Å². The molecule has 7 rings (SSSR count). The molecule has 2 aromatic rings. The number of hydrogen-bond acceptors (Lipinski definition) is 4. The summed E-state index contributed by atoms with van der Waals surface area (Å²) in [6.07, 6.45) is 10.4. The smallest absolute Gasteiger partial charge is 0.245 e. The second-order valence-corrected chi connectivity index (χ2v) is 13.7. The Morgan fingerprint density at radius 2 is 1.57 bits per heavy atom. The predicted molar refractivity (Wildman–Crippen MR) is 145 cm³/mol. The zero-order chi connectivity index (χ0) is 25.8. The third-order valence-electron chi connectivity index (χ3n) is 9.03. The SMILES string of the molecule is CS(=O)(=O)N(CC(=O)Nc1ccc(N2CCCC2=O)cc1)c1ccc(C23CC4CC(CC(C4)C2)C3)cc1. The maximum Gasteiger partial charge on any atom is 0.245 e. The molecule has 7 nitrogen and oxygen atoms in total. The van der Waals surface area contributed by atoms with E-state index >= 15 is 0 Å². The van der Waals surface area contributed by atoms with Gasteiger partial charge in [-0.05, 0) is 110 Å². The first-order valence-corrected chi connectivity index (χ1v) is 15.3. The number of anilines is 3. The lowest BCUT2D eigenvalue weighted by Gasteiger charge is -2.57. The molecule has 2 amide bonds. The summed E-state index contributed by atoms with van der Waals surface area (Å²) in [6.45, 7) is 0.400. The van der Waals surface area contributed by atoms with Gasteiger partial charge in [0.15, 0.2) is 0 Å². The van der Waals surface area contributed by atoms with Gasteiger partial charge >= 0.3 is 0 Å². The minimum atomic E-state index is -3.66. The van der Waals surface area contributed by atoms with E-state index in [-0.39, 0.29) is 17.9 Å². The van der Waals surface area contributed by atoms with E-state index in [0.717, 1.165) is 36.1 Å². The Hall–Kier alpha value is -2.87. The molecule has 0 atom stereocenters. The summed E-state index contributed by atoms with van der Waals surface area (Å²) in [5.74, 6) is 2.21. The molecule has 0 unspecified atom stereocenters. The van der Waals surface area contributed by atoms with Crippen LogP contribution in [0.3, 0.4) is 0 Å². The van der Waals surface area contributed by atoms with Crippen molar-refractivity contribution in [2.24, 2.45) is 17.8 Å². The highest BCUT2D eigenvalue weighted by Gasteiger charge is 2.51. The van der Waals surface area contributed by atoms with Crippen LogP contribution in [0.4, 0.5) is 17.1 Å². The Morgan fingerprint density at radius 1 is 0.973 bits per heavy atom. The van der Waals surface area contributed by atoms with Crippen LogP contribution in [-0.4, -0.2) is 39.6 Å². The second-order valence-electron chi connectivity index (χ2n) is 11.8. The van der Waals surface area contributed by atoms with Crippen LogP contribution in [0.2, 0.25) is 0 Å². The fourth-order valence-corrected chi connectivity index (χ4v) is 8.68. The van der Waals surface area contributed by atoms with Gasteiger partial charge < -0.3 is 10.2 Å². The molecule has 0 radical (unpaired) electrons. The fraction of sp³-hybridized carbons (Fsp3) is 0.517. The summed E-state index contributed by atoms with van der Waals surface area (Å²) in [5, 5.41) is 2.80. The number of hydrogen-bond donors (Lipinski definition) is 1. The van der Waals surface area contributed by atoms with Crippen LogP contribution in [-0.2, 0) is 25.0 Å². The molecule has 0 spiro atoms. The van der Waals surface area contributed by atoms with Crippen molar-refractivity contribution in [2.45, 2.75) is 56.8 Å². The quantitative estimate of drug-likeness (QED) is 0.573. The van der Waals surface area contributed by atoms with Crippen molar-refractivity contribution in [3.63, 3.8) is 0 Å². The standard InChI is InChI=1S/C29H35N3O4S/c1-37(35,36)32(19-27(33)30-24-6-10-25(11-7-24)31-12-2-3-28(31)34)26-8-4-23(5-9-26)29-16-20-13-21(17-29)15-22(14-20)18-29/h4-11,20-22H,2-3,12-19H2,1H3,(H,30,33). The molecule has 8 heteroatoms. The van der Waals surface area contributed by atoms with Crippen LogP contribution < -0.4 is 14.5 Å². The van der Waals surface area contributed by atoms with E-state index in [9.17, 15) is 18.0 Å². The number of benzene rings is 2. The van der Waals surface area contributed by atoms with Gasteiger partial charge in [-0.1, -0.05) is 12.1 Å². The molecule has 2 aromatic carbocycles. The molecule has 4 bridgehead atoms. The van der Waals surface area contributed by atoms with Gasteiger partial charge in [0.25, 0.3) is 0 Å². The number of nitrogens with zero attached hydrogens (tertiary/aromatic N) is 2. The second kappa shape index (κ2) is 9.15. The van der Waals surface area contributed by atoms with E-state index in [1.54, 1.807) is 29.2 Å². The van der Waals surface area contributed by atoms with E-state index in [2.05, 4.69) is 17.4 Å². The molecule has 0 aromatic heterocycles. The normalized spacial score (nSPS) is 28.5. The highest BCUT2D eigenvalue weighted by atomic mass is 32.2. The molecule has 1 heterocycles. The summed E-state index contributed by atoms with van der Waals surface area (Å²) in [5.41, 5.74) is 3.44. The molecule has 1 saturated heterocycles. The monoisotopic (exact) mass is 521 g/mol. The Kier molecular flexibility index (Phi) is 6.05. The average Bonchev–Trinajstić information content (AvgIpc) is 3.27. The van der Waals surface area contributed by atoms with Crippen LogP contribution in [0.15, 0.2) is 48.5 Å². The van der Waals surface area contributed by atoms with E-state index in [0.29, 0.717) is 24.3 Å². The summed E-state index contributed by atoms with van der Waals surface area (Å²) in [4.78, 5) is 26.6. The molecule has 5 fully saturated rings. The lowest BCUT2D eigenvalue weighted by Crippen LogP contribution is -2.48. The molecule has 5 aliphatic rings. The maximum absolute atomic E-state index is 12.9. The third-order valence-corrected chi connectivity index (χ3v) is 10.2. The van der Waals surface area contributed by atoms with Gasteiger partial charge in [0.2, 0.25) is 21.8 Å². The van der Waals surface area contributed by atoms with E-state index < -0.39 is 15.9 Å². The van der Waals surface area contributed by atoms with Gasteiger partial charge in [0.05, 0.1) is 11.9 Å². The van der Waals surface area contributed by atoms with Gasteiger partial charge in [-0.25, -0.2) is 8.42 Å². The van der Waals surface area contributed by atoms with E-state index in [1.165, 1.54) is 48.4 Å². The van der Waals surface area contributed by atoms with Gasteiger partial charge in [0, 0.05) is 24.3 Å². The molecular weight excluding hydrogens is 486 g/mol. The largest absolute Gasteiger partial charge is 0.325 e. The number of carbonyl (C=O) groups is 2. The topological polar surface area (TPSA) is 86.8 Å². The van der Waals surface area contributed by atoms with Crippen LogP contribution >= 0.6 is 0 Å². The molecule has 1 N–H and O–H groups in total. The highest BCUT2D eigenvalue weighted by molar-refractivity contribution is 7.92. The summed E-state index contributed by atoms with van der Waals surface area (Å²) in [6, 6.07) is 15.0. The van der Waals surface area contributed by atoms with Crippen molar-refractivity contribution in [3.05, 3.63) is 54.1 Å². The van der Waals surface area contributed by atoms with Gasteiger partial charge in [0.1, 0.15) is 6.54 Å². The Bertz CT molecular complexity index is 1270. The van der Waals surface area contributed by atoms with Gasteiger partial charge in [-0.3, -0.25) is 13.9 Å². The van der Waals surface area contributed by atoms with Crippen molar-refractivity contribution < 1.29 is 18.0 Å². The first-order chi connectivity index (χ1) is 17.7.